The Morgan fingerprint density at radius 2 is 1.68 bits per heavy atom. The van der Waals surface area contributed by atoms with Crippen LogP contribution in [0.3, 0.4) is 0 Å². The molecule has 0 aromatic heterocycles. The first-order chi connectivity index (χ1) is 11.4. The summed E-state index contributed by atoms with van der Waals surface area (Å²) in [5.74, 6) is -2.10. The van der Waals surface area contributed by atoms with Crippen LogP contribution in [0.25, 0.3) is 0 Å². The molecule has 0 aliphatic heterocycles. The van der Waals surface area contributed by atoms with E-state index in [2.05, 4.69) is 5.32 Å². The number of hydrogen-bond acceptors (Lipinski definition) is 7. The lowest BCUT2D eigenvalue weighted by Crippen LogP contribution is -2.59. The number of rotatable bonds is 5. The van der Waals surface area contributed by atoms with E-state index in [0.29, 0.717) is 0 Å². The highest BCUT2D eigenvalue weighted by atomic mass is 16.6. The molecule has 0 spiro atoms. The Labute approximate surface area is 146 Å². The van der Waals surface area contributed by atoms with Gasteiger partial charge in [0.25, 0.3) is 0 Å². The van der Waals surface area contributed by atoms with Crippen LogP contribution in [-0.4, -0.2) is 48.2 Å². The molecule has 3 atom stereocenters. The zero-order chi connectivity index (χ0) is 19.4. The van der Waals surface area contributed by atoms with Crippen LogP contribution in [0, 0.1) is 5.41 Å². The van der Waals surface area contributed by atoms with Crippen LogP contribution in [0.2, 0.25) is 0 Å². The van der Waals surface area contributed by atoms with Gasteiger partial charge >= 0.3 is 17.9 Å². The molecular weight excluding hydrogens is 330 g/mol. The zero-order valence-electron chi connectivity index (χ0n) is 15.4. The molecule has 0 saturated carbocycles. The second-order valence-electron chi connectivity index (χ2n) is 6.99. The van der Waals surface area contributed by atoms with E-state index in [9.17, 15) is 19.2 Å². The summed E-state index contributed by atoms with van der Waals surface area (Å²) in [5, 5.41) is 2.61. The Hall–Kier alpha value is -2.38. The average Bonchev–Trinajstić information content (AvgIpc) is 2.72. The topological polar surface area (TPSA) is 108 Å². The minimum absolute atomic E-state index is 0.318. The van der Waals surface area contributed by atoms with Crippen molar-refractivity contribution in [2.45, 2.75) is 59.3 Å². The largest absolute Gasteiger partial charge is 0.461 e. The lowest BCUT2D eigenvalue weighted by Gasteiger charge is -2.36. The number of hydrogen-bond donors (Lipinski definition) is 1. The first-order valence-corrected chi connectivity index (χ1v) is 7.88. The van der Waals surface area contributed by atoms with Crippen molar-refractivity contribution >= 4 is 23.8 Å². The van der Waals surface area contributed by atoms with Crippen LogP contribution in [0.5, 0.6) is 0 Å². The fourth-order valence-corrected chi connectivity index (χ4v) is 2.40. The maximum Gasteiger partial charge on any atom is 0.311 e. The molecule has 0 bridgehead atoms. The van der Waals surface area contributed by atoms with Gasteiger partial charge in [-0.2, -0.15) is 0 Å². The molecule has 25 heavy (non-hydrogen) atoms. The fourth-order valence-electron chi connectivity index (χ4n) is 2.40. The minimum Gasteiger partial charge on any atom is -0.461 e. The summed E-state index contributed by atoms with van der Waals surface area (Å²) in [6.45, 7) is 8.45. The smallest absolute Gasteiger partial charge is 0.311 e. The first kappa shape index (κ1) is 20.7. The van der Waals surface area contributed by atoms with Crippen LogP contribution >= 0.6 is 0 Å². The Kier molecular flexibility index (Phi) is 6.34. The Balaban J connectivity index is 3.13. The quantitative estimate of drug-likeness (QED) is 0.443. The van der Waals surface area contributed by atoms with Gasteiger partial charge < -0.3 is 19.5 Å². The standard InChI is InChI=1S/C17H25NO7/c1-10(19)18-14-13(24-11(2)20)7-8-17(14,25-12(3)21)9-23-15(22)16(4,5)6/h7-8,13-14H,9H2,1-6H3,(H,18,19). The molecule has 1 amide bonds. The lowest BCUT2D eigenvalue weighted by molar-refractivity contribution is -0.175. The van der Waals surface area contributed by atoms with Gasteiger partial charge in [0, 0.05) is 20.8 Å². The van der Waals surface area contributed by atoms with Crippen LogP contribution in [0.15, 0.2) is 12.2 Å². The van der Waals surface area contributed by atoms with E-state index in [4.69, 9.17) is 14.2 Å². The molecule has 0 fully saturated rings. The summed E-state index contributed by atoms with van der Waals surface area (Å²) < 4.78 is 15.8. The summed E-state index contributed by atoms with van der Waals surface area (Å²) in [5.41, 5.74) is -2.21. The average molecular weight is 355 g/mol. The van der Waals surface area contributed by atoms with Crippen molar-refractivity contribution in [2.24, 2.45) is 5.41 Å². The third kappa shape index (κ3) is 5.58. The van der Waals surface area contributed by atoms with Gasteiger partial charge in [0.15, 0.2) is 5.60 Å². The third-order valence-electron chi connectivity index (χ3n) is 3.46. The van der Waals surface area contributed by atoms with Crippen molar-refractivity contribution in [3.63, 3.8) is 0 Å². The van der Waals surface area contributed by atoms with E-state index in [-0.39, 0.29) is 6.61 Å². The predicted molar refractivity (Wildman–Crippen MR) is 87.2 cm³/mol. The second kappa shape index (κ2) is 7.67. The summed E-state index contributed by atoms with van der Waals surface area (Å²) in [6, 6.07) is -0.912. The highest BCUT2D eigenvalue weighted by Gasteiger charge is 2.51. The lowest BCUT2D eigenvalue weighted by atomic mass is 9.95. The number of amides is 1. The van der Waals surface area contributed by atoms with Gasteiger partial charge in [0.1, 0.15) is 18.8 Å². The molecular formula is C17H25NO7. The molecule has 0 saturated heterocycles. The SMILES string of the molecule is CC(=O)NC1C(OC(C)=O)C=CC1(COC(=O)C(C)(C)C)OC(C)=O. The number of carbonyl (C=O) groups excluding carboxylic acids is 4. The van der Waals surface area contributed by atoms with Gasteiger partial charge in [0.2, 0.25) is 5.91 Å². The molecule has 0 aromatic rings. The van der Waals surface area contributed by atoms with Crippen molar-refractivity contribution < 1.29 is 33.4 Å². The molecule has 0 radical (unpaired) electrons. The number of esters is 3. The van der Waals surface area contributed by atoms with Crippen molar-refractivity contribution in [2.75, 3.05) is 6.61 Å². The Bertz CT molecular complexity index is 590. The molecule has 1 rings (SSSR count). The molecule has 140 valence electrons. The van der Waals surface area contributed by atoms with Crippen LogP contribution in [-0.2, 0) is 33.4 Å². The van der Waals surface area contributed by atoms with Gasteiger partial charge in [-0.25, -0.2) is 0 Å². The molecule has 3 unspecified atom stereocenters. The number of carbonyl (C=O) groups is 4. The van der Waals surface area contributed by atoms with Crippen molar-refractivity contribution in [3.8, 4) is 0 Å². The maximum atomic E-state index is 12.1. The zero-order valence-corrected chi connectivity index (χ0v) is 15.4. The van der Waals surface area contributed by atoms with Gasteiger partial charge in [-0.3, -0.25) is 19.2 Å². The summed E-state index contributed by atoms with van der Waals surface area (Å²) in [7, 11) is 0. The van der Waals surface area contributed by atoms with Gasteiger partial charge in [-0.15, -0.1) is 0 Å². The fraction of sp³-hybridized carbons (Fsp3) is 0.647. The molecule has 8 heteroatoms. The normalized spacial score (nSPS) is 25.2. The van der Waals surface area contributed by atoms with Crippen LogP contribution in [0.4, 0.5) is 0 Å². The molecule has 8 nitrogen and oxygen atoms in total. The van der Waals surface area contributed by atoms with Crippen LogP contribution < -0.4 is 5.32 Å². The molecule has 1 aliphatic carbocycles. The highest BCUT2D eigenvalue weighted by molar-refractivity contribution is 5.76. The highest BCUT2D eigenvalue weighted by Crippen LogP contribution is 2.31. The van der Waals surface area contributed by atoms with E-state index in [1.54, 1.807) is 20.8 Å². The molecule has 1 aliphatic rings. The summed E-state index contributed by atoms with van der Waals surface area (Å²) in [6.07, 6.45) is 2.11. The Morgan fingerprint density at radius 3 is 2.12 bits per heavy atom. The molecule has 0 aromatic carbocycles. The summed E-state index contributed by atoms with van der Waals surface area (Å²) >= 11 is 0. The van der Waals surface area contributed by atoms with Crippen molar-refractivity contribution in [3.05, 3.63) is 12.2 Å². The van der Waals surface area contributed by atoms with E-state index < -0.39 is 47.0 Å². The molecule has 0 heterocycles. The van der Waals surface area contributed by atoms with E-state index >= 15 is 0 Å². The van der Waals surface area contributed by atoms with E-state index in [0.717, 1.165) is 0 Å². The first-order valence-electron chi connectivity index (χ1n) is 7.88. The van der Waals surface area contributed by atoms with E-state index in [1.165, 1.54) is 32.9 Å². The number of nitrogens with one attached hydrogen (secondary N) is 1. The van der Waals surface area contributed by atoms with Crippen LogP contribution in [0.1, 0.15) is 41.5 Å². The van der Waals surface area contributed by atoms with Gasteiger partial charge in [-0.05, 0) is 32.9 Å². The third-order valence-corrected chi connectivity index (χ3v) is 3.46. The Morgan fingerprint density at radius 1 is 1.08 bits per heavy atom. The maximum absolute atomic E-state index is 12.1. The minimum atomic E-state index is -1.46. The molecule has 1 N–H and O–H groups in total. The second-order valence-corrected chi connectivity index (χ2v) is 6.99. The van der Waals surface area contributed by atoms with Gasteiger partial charge in [-0.1, -0.05) is 0 Å². The van der Waals surface area contributed by atoms with E-state index in [1.807, 2.05) is 0 Å². The van der Waals surface area contributed by atoms with Crippen molar-refractivity contribution in [1.29, 1.82) is 0 Å². The monoisotopic (exact) mass is 355 g/mol. The van der Waals surface area contributed by atoms with Gasteiger partial charge in [0.05, 0.1) is 5.41 Å². The van der Waals surface area contributed by atoms with Crippen molar-refractivity contribution in [1.82, 2.24) is 5.32 Å². The predicted octanol–water partition coefficient (Wildman–Crippen LogP) is 0.884. The summed E-state index contributed by atoms with van der Waals surface area (Å²) in [4.78, 5) is 46.5. The number of ether oxygens (including phenoxy) is 3.